The summed E-state index contributed by atoms with van der Waals surface area (Å²) in [5, 5.41) is 8.60. The number of carbonyl (C=O) groups is 1. The van der Waals surface area contributed by atoms with Gasteiger partial charge >= 0.3 is 18.5 Å². The molecule has 2 aromatic carbocycles. The lowest BCUT2D eigenvalue weighted by atomic mass is 10.2. The third kappa shape index (κ3) is 5.99. The van der Waals surface area contributed by atoms with Gasteiger partial charge in [0, 0.05) is 17.1 Å². The van der Waals surface area contributed by atoms with Gasteiger partial charge in [0.05, 0.1) is 6.42 Å². The third-order valence-electron chi connectivity index (χ3n) is 5.12. The van der Waals surface area contributed by atoms with Crippen LogP contribution in [0.2, 0.25) is 5.02 Å². The number of benzene rings is 2. The molecule has 0 bridgehead atoms. The summed E-state index contributed by atoms with van der Waals surface area (Å²) in [5.41, 5.74) is 4.70. The molecule has 2 N–H and O–H groups in total. The number of primary amides is 1. The molecular formula is C22H17ClF5N7O3. The molecule has 0 fully saturated rings. The first-order chi connectivity index (χ1) is 17.9. The number of nitrogens with zero attached hydrogens (tertiary/aromatic N) is 6. The Morgan fingerprint density at radius 1 is 1.08 bits per heavy atom. The van der Waals surface area contributed by atoms with E-state index >= 15 is 0 Å². The number of carbonyl (C=O) groups excluding carboxylic acids is 1. The average Bonchev–Trinajstić information content (AvgIpc) is 3.39. The molecule has 4 rings (SSSR count). The van der Waals surface area contributed by atoms with Crippen LogP contribution >= 0.6 is 11.6 Å². The monoisotopic (exact) mass is 557 g/mol. The molecule has 0 aliphatic rings. The smallest absolute Gasteiger partial charge is 0.390 e. The van der Waals surface area contributed by atoms with Crippen LogP contribution in [0, 0.1) is 0 Å². The number of aromatic nitrogens is 6. The fourth-order valence-electron chi connectivity index (χ4n) is 3.51. The summed E-state index contributed by atoms with van der Waals surface area (Å²) in [4.78, 5) is 29.0. The van der Waals surface area contributed by atoms with E-state index in [0.717, 1.165) is 13.9 Å². The van der Waals surface area contributed by atoms with Crippen LogP contribution < -0.4 is 16.2 Å². The van der Waals surface area contributed by atoms with Crippen LogP contribution in [0.4, 0.5) is 22.0 Å². The zero-order chi connectivity index (χ0) is 27.6. The number of hydrogen-bond donors (Lipinski definition) is 1. The minimum atomic E-state index is -4.54. The number of para-hydroxylation sites is 2. The molecular weight excluding hydrogens is 541 g/mol. The van der Waals surface area contributed by atoms with Crippen molar-refractivity contribution in [2.24, 2.45) is 5.73 Å². The topological polar surface area (TPSA) is 123 Å². The van der Waals surface area contributed by atoms with Gasteiger partial charge in [0.25, 0.3) is 5.91 Å². The summed E-state index contributed by atoms with van der Waals surface area (Å²) in [6.45, 7) is -4.38. The number of hydrogen-bond acceptors (Lipinski definition) is 6. The molecule has 1 amide bonds. The van der Waals surface area contributed by atoms with Crippen LogP contribution in [0.5, 0.6) is 5.75 Å². The second-order valence-corrected chi connectivity index (χ2v) is 8.20. The van der Waals surface area contributed by atoms with E-state index in [9.17, 15) is 31.5 Å². The first-order valence-corrected chi connectivity index (χ1v) is 11.1. The van der Waals surface area contributed by atoms with E-state index in [-0.39, 0.29) is 23.1 Å². The Bertz CT molecular complexity index is 1510. The molecule has 0 atom stereocenters. The Labute approximate surface area is 215 Å². The Balaban J connectivity index is 1.76. The maximum atomic E-state index is 13.0. The maximum absolute atomic E-state index is 13.0. The lowest BCUT2D eigenvalue weighted by molar-refractivity contribution is -0.136. The van der Waals surface area contributed by atoms with Crippen molar-refractivity contribution in [3.05, 3.63) is 75.7 Å². The van der Waals surface area contributed by atoms with Gasteiger partial charge in [0.2, 0.25) is 5.82 Å². The summed E-state index contributed by atoms with van der Waals surface area (Å²) in [6, 6.07) is 11.3. The van der Waals surface area contributed by atoms with E-state index in [2.05, 4.69) is 19.9 Å². The van der Waals surface area contributed by atoms with Crippen molar-refractivity contribution in [3.8, 4) is 22.8 Å². The van der Waals surface area contributed by atoms with Gasteiger partial charge in [-0.15, -0.1) is 10.2 Å². The number of nitrogens with two attached hydrogens (primary N) is 1. The molecule has 4 aromatic rings. The summed E-state index contributed by atoms with van der Waals surface area (Å²) < 4.78 is 71.5. The molecule has 0 spiro atoms. The molecule has 0 saturated carbocycles. The van der Waals surface area contributed by atoms with E-state index in [1.54, 1.807) is 0 Å². The lowest BCUT2D eigenvalue weighted by Gasteiger charge is -2.10. The van der Waals surface area contributed by atoms with Gasteiger partial charge in [-0.2, -0.15) is 22.0 Å². The Hall–Kier alpha value is -4.27. The SMILES string of the molecule is NC(=O)c1nc(Cn2nc(-c3ccc(Cl)cc3)n(CCC(F)(F)F)c2=O)nn1-c1ccccc1OC(F)F. The molecule has 10 nitrogen and oxygen atoms in total. The summed E-state index contributed by atoms with van der Waals surface area (Å²) in [5.74, 6) is -2.13. The van der Waals surface area contributed by atoms with Crippen LogP contribution in [0.1, 0.15) is 22.9 Å². The van der Waals surface area contributed by atoms with Gasteiger partial charge in [-0.25, -0.2) is 19.1 Å². The summed E-state index contributed by atoms with van der Waals surface area (Å²) in [7, 11) is 0. The highest BCUT2D eigenvalue weighted by Gasteiger charge is 2.29. The normalized spacial score (nSPS) is 11.8. The van der Waals surface area contributed by atoms with Gasteiger partial charge < -0.3 is 10.5 Å². The van der Waals surface area contributed by atoms with Crippen LogP contribution in [0.25, 0.3) is 17.1 Å². The van der Waals surface area contributed by atoms with Crippen molar-refractivity contribution >= 4 is 17.5 Å². The van der Waals surface area contributed by atoms with Gasteiger partial charge in [-0.05, 0) is 36.4 Å². The van der Waals surface area contributed by atoms with E-state index < -0.39 is 49.7 Å². The molecule has 2 heterocycles. The third-order valence-corrected chi connectivity index (χ3v) is 5.37. The number of alkyl halides is 5. The van der Waals surface area contributed by atoms with Gasteiger partial charge in [-0.3, -0.25) is 9.36 Å². The maximum Gasteiger partial charge on any atom is 0.390 e. The Morgan fingerprint density at radius 3 is 2.39 bits per heavy atom. The molecule has 0 unspecified atom stereocenters. The fourth-order valence-corrected chi connectivity index (χ4v) is 3.63. The predicted molar refractivity (Wildman–Crippen MR) is 123 cm³/mol. The average molecular weight is 558 g/mol. The second kappa shape index (κ2) is 10.6. The predicted octanol–water partition coefficient (Wildman–Crippen LogP) is 3.65. The largest absolute Gasteiger partial charge is 0.433 e. The zero-order valence-corrected chi connectivity index (χ0v) is 19.8. The lowest BCUT2D eigenvalue weighted by Crippen LogP contribution is -2.27. The van der Waals surface area contributed by atoms with Gasteiger partial charge in [0.1, 0.15) is 12.2 Å². The molecule has 2 aromatic heterocycles. The van der Waals surface area contributed by atoms with E-state index in [0.29, 0.717) is 10.6 Å². The molecule has 16 heteroatoms. The van der Waals surface area contributed by atoms with Crippen LogP contribution in [-0.2, 0) is 13.1 Å². The highest BCUT2D eigenvalue weighted by atomic mass is 35.5. The van der Waals surface area contributed by atoms with Crippen LogP contribution in [-0.4, -0.2) is 47.8 Å². The number of rotatable bonds is 9. The van der Waals surface area contributed by atoms with Crippen molar-refractivity contribution < 1.29 is 31.5 Å². The molecule has 200 valence electrons. The van der Waals surface area contributed by atoms with Crippen LogP contribution in [0.15, 0.2) is 53.3 Å². The van der Waals surface area contributed by atoms with Gasteiger partial charge in [0.15, 0.2) is 17.4 Å². The van der Waals surface area contributed by atoms with E-state index in [1.807, 2.05) is 0 Å². The van der Waals surface area contributed by atoms with Crippen molar-refractivity contribution in [1.29, 1.82) is 0 Å². The fraction of sp³-hybridized carbons (Fsp3) is 0.227. The number of amides is 1. The zero-order valence-electron chi connectivity index (χ0n) is 19.1. The van der Waals surface area contributed by atoms with E-state index in [4.69, 9.17) is 17.3 Å². The molecule has 0 aliphatic carbocycles. The highest BCUT2D eigenvalue weighted by Crippen LogP contribution is 2.26. The number of ether oxygens (including phenoxy) is 1. The van der Waals surface area contributed by atoms with Crippen molar-refractivity contribution in [2.75, 3.05) is 0 Å². The van der Waals surface area contributed by atoms with Crippen molar-refractivity contribution in [3.63, 3.8) is 0 Å². The minimum absolute atomic E-state index is 0.0684. The van der Waals surface area contributed by atoms with Gasteiger partial charge in [-0.1, -0.05) is 23.7 Å². The Morgan fingerprint density at radius 2 is 1.76 bits per heavy atom. The van der Waals surface area contributed by atoms with Crippen molar-refractivity contribution in [2.45, 2.75) is 32.3 Å². The van der Waals surface area contributed by atoms with Crippen LogP contribution in [0.3, 0.4) is 0 Å². The molecule has 0 aliphatic heterocycles. The highest BCUT2D eigenvalue weighted by molar-refractivity contribution is 6.30. The quantitative estimate of drug-likeness (QED) is 0.313. The Kier molecular flexibility index (Phi) is 7.48. The molecule has 0 radical (unpaired) electrons. The summed E-state index contributed by atoms with van der Waals surface area (Å²) in [6.07, 6.45) is -5.83. The number of halogens is 6. The first kappa shape index (κ1) is 26.8. The minimum Gasteiger partial charge on any atom is -0.433 e. The van der Waals surface area contributed by atoms with Crippen molar-refractivity contribution in [1.82, 2.24) is 29.1 Å². The standard InChI is InChI=1S/C22H17ClF5N7O3/c23-13-7-5-12(6-8-13)18-32-34(21(37)33(18)10-9-22(26,27)28)11-16-30-19(17(29)36)35(31-16)14-3-1-2-4-15(14)38-20(24)25/h1-8,20H,9-11H2,(H2,29,36). The molecule has 0 saturated heterocycles. The summed E-state index contributed by atoms with van der Waals surface area (Å²) >= 11 is 5.89. The van der Waals surface area contributed by atoms with E-state index in [1.165, 1.54) is 48.5 Å². The second-order valence-electron chi connectivity index (χ2n) is 7.76. The molecule has 38 heavy (non-hydrogen) atoms. The first-order valence-electron chi connectivity index (χ1n) is 10.7.